The van der Waals surface area contributed by atoms with E-state index in [-0.39, 0.29) is 17.9 Å². The van der Waals surface area contributed by atoms with Crippen LogP contribution in [0.3, 0.4) is 0 Å². The standard InChI is InChI=1S/C26H25Cl3N2O4/c1-15-2-11-20-21(14-15)26(35)31(25(20)34)30(24(33)17-5-9-19(29)10-6-17)22(12-13-27)23(32)16-3-7-18(28)8-4-16/h3-10,15,20-22H,2,11-14H2,1H3/t15-,20+,21-,22+/m1/s1. The topological polar surface area (TPSA) is 74.8 Å². The summed E-state index contributed by atoms with van der Waals surface area (Å²) in [5.41, 5.74) is 0.491. The van der Waals surface area contributed by atoms with Crippen LogP contribution in [0.4, 0.5) is 0 Å². The molecule has 0 radical (unpaired) electrons. The van der Waals surface area contributed by atoms with Gasteiger partial charge in [-0.1, -0.05) is 30.1 Å². The van der Waals surface area contributed by atoms with Crippen molar-refractivity contribution in [3.05, 3.63) is 69.7 Å². The molecule has 1 aliphatic heterocycles. The van der Waals surface area contributed by atoms with Gasteiger partial charge in [-0.25, -0.2) is 5.01 Å². The average Bonchev–Trinajstić information content (AvgIpc) is 3.08. The second-order valence-electron chi connectivity index (χ2n) is 9.14. The summed E-state index contributed by atoms with van der Waals surface area (Å²) in [4.78, 5) is 54.6. The number of halogens is 3. The molecule has 3 amide bonds. The van der Waals surface area contributed by atoms with E-state index >= 15 is 0 Å². The van der Waals surface area contributed by atoms with Crippen LogP contribution in [0.5, 0.6) is 0 Å². The van der Waals surface area contributed by atoms with E-state index in [4.69, 9.17) is 34.8 Å². The fourth-order valence-corrected chi connectivity index (χ4v) is 5.41. The number of ketones is 1. The predicted molar refractivity (Wildman–Crippen MR) is 134 cm³/mol. The number of alkyl halides is 1. The smallest absolute Gasteiger partial charge is 0.273 e. The molecule has 2 aromatic carbocycles. The van der Waals surface area contributed by atoms with Crippen LogP contribution in [0.25, 0.3) is 0 Å². The van der Waals surface area contributed by atoms with E-state index in [0.29, 0.717) is 34.4 Å². The molecule has 0 bridgehead atoms. The second kappa shape index (κ2) is 10.7. The Morgan fingerprint density at radius 2 is 1.46 bits per heavy atom. The number of hydrogen-bond donors (Lipinski definition) is 0. The molecule has 2 aliphatic rings. The lowest BCUT2D eigenvalue weighted by Gasteiger charge is -2.36. The SMILES string of the molecule is C[C@@H]1CC[C@@H]2C(=O)N(N(C(=O)c3ccc(Cl)cc3)[C@@H](CCCl)C(=O)c3ccc(Cl)cc3)C(=O)[C@@H]2C1. The molecule has 2 fully saturated rings. The van der Waals surface area contributed by atoms with E-state index in [1.54, 1.807) is 36.4 Å². The Morgan fingerprint density at radius 1 is 0.914 bits per heavy atom. The minimum atomic E-state index is -1.16. The van der Waals surface area contributed by atoms with Crippen LogP contribution in [-0.2, 0) is 9.59 Å². The number of imide groups is 1. The highest BCUT2D eigenvalue weighted by Crippen LogP contribution is 2.42. The first-order valence-corrected chi connectivity index (χ1v) is 12.8. The fourth-order valence-electron chi connectivity index (χ4n) is 4.96. The second-order valence-corrected chi connectivity index (χ2v) is 10.4. The zero-order valence-electron chi connectivity index (χ0n) is 19.1. The summed E-state index contributed by atoms with van der Waals surface area (Å²) >= 11 is 18.0. The maximum Gasteiger partial charge on any atom is 0.273 e. The lowest BCUT2D eigenvalue weighted by Crippen LogP contribution is -2.57. The summed E-state index contributed by atoms with van der Waals surface area (Å²) in [7, 11) is 0. The molecule has 9 heteroatoms. The first-order valence-electron chi connectivity index (χ1n) is 11.6. The van der Waals surface area contributed by atoms with Gasteiger partial charge in [0.15, 0.2) is 5.78 Å². The van der Waals surface area contributed by atoms with Gasteiger partial charge in [0.05, 0.1) is 11.8 Å². The van der Waals surface area contributed by atoms with Crippen LogP contribution < -0.4 is 0 Å². The summed E-state index contributed by atoms with van der Waals surface area (Å²) < 4.78 is 0. The highest BCUT2D eigenvalue weighted by molar-refractivity contribution is 6.31. The van der Waals surface area contributed by atoms with Gasteiger partial charge >= 0.3 is 0 Å². The van der Waals surface area contributed by atoms with Gasteiger partial charge in [-0.05, 0) is 80.1 Å². The maximum absolute atomic E-state index is 13.8. The van der Waals surface area contributed by atoms with Gasteiger partial charge in [0.25, 0.3) is 17.7 Å². The fraction of sp³-hybridized carbons (Fsp3) is 0.385. The maximum atomic E-state index is 13.8. The minimum absolute atomic E-state index is 0.0362. The lowest BCUT2D eigenvalue weighted by atomic mass is 9.76. The summed E-state index contributed by atoms with van der Waals surface area (Å²) in [5, 5.41) is 2.81. The number of hydrazine groups is 1. The van der Waals surface area contributed by atoms with Crippen molar-refractivity contribution < 1.29 is 19.2 Å². The normalized spacial score (nSPS) is 22.6. The number of fused-ring (bicyclic) bond motifs is 1. The molecule has 0 spiro atoms. The molecule has 35 heavy (non-hydrogen) atoms. The largest absolute Gasteiger partial charge is 0.292 e. The number of rotatable bonds is 7. The molecule has 4 atom stereocenters. The van der Waals surface area contributed by atoms with E-state index in [0.717, 1.165) is 16.4 Å². The first-order chi connectivity index (χ1) is 16.7. The van der Waals surface area contributed by atoms with Crippen LogP contribution in [-0.4, -0.2) is 45.4 Å². The van der Waals surface area contributed by atoms with Crippen LogP contribution in [0.15, 0.2) is 48.5 Å². The molecule has 1 aliphatic carbocycles. The first kappa shape index (κ1) is 25.7. The number of carbonyl (C=O) groups is 4. The number of nitrogens with zero attached hydrogens (tertiary/aromatic N) is 2. The molecule has 184 valence electrons. The Kier molecular flexibility index (Phi) is 7.84. The van der Waals surface area contributed by atoms with Gasteiger partial charge in [0.1, 0.15) is 6.04 Å². The van der Waals surface area contributed by atoms with Gasteiger partial charge in [-0.3, -0.25) is 19.2 Å². The molecule has 1 heterocycles. The molecule has 0 aromatic heterocycles. The Hall–Kier alpha value is -2.41. The van der Waals surface area contributed by atoms with Crippen LogP contribution >= 0.6 is 34.8 Å². The molecule has 2 aromatic rings. The van der Waals surface area contributed by atoms with Crippen molar-refractivity contribution >= 4 is 58.3 Å². The van der Waals surface area contributed by atoms with Gasteiger partial charge < -0.3 is 0 Å². The Morgan fingerprint density at radius 3 is 2.03 bits per heavy atom. The predicted octanol–water partition coefficient (Wildman–Crippen LogP) is 5.65. The van der Waals surface area contributed by atoms with Crippen LogP contribution in [0.2, 0.25) is 10.0 Å². The van der Waals surface area contributed by atoms with Crippen LogP contribution in [0.1, 0.15) is 53.3 Å². The van der Waals surface area contributed by atoms with Crippen molar-refractivity contribution in [1.29, 1.82) is 0 Å². The Bertz CT molecular complexity index is 1140. The van der Waals surface area contributed by atoms with Crippen molar-refractivity contribution in [2.45, 2.75) is 38.6 Å². The zero-order chi connectivity index (χ0) is 25.3. The molecule has 4 rings (SSSR count). The number of carbonyl (C=O) groups excluding carboxylic acids is 4. The van der Waals surface area contributed by atoms with Crippen molar-refractivity contribution in [3.63, 3.8) is 0 Å². The Balaban J connectivity index is 1.79. The van der Waals surface area contributed by atoms with E-state index in [1.165, 1.54) is 12.1 Å². The van der Waals surface area contributed by atoms with Crippen molar-refractivity contribution in [1.82, 2.24) is 10.0 Å². The minimum Gasteiger partial charge on any atom is -0.292 e. The van der Waals surface area contributed by atoms with Crippen molar-refractivity contribution in [3.8, 4) is 0 Å². The van der Waals surface area contributed by atoms with E-state index in [1.807, 2.05) is 6.92 Å². The molecular weight excluding hydrogens is 511 g/mol. The van der Waals surface area contributed by atoms with E-state index in [2.05, 4.69) is 0 Å². The molecule has 0 N–H and O–H groups in total. The molecule has 0 unspecified atom stereocenters. The average molecular weight is 536 g/mol. The van der Waals surface area contributed by atoms with Crippen LogP contribution in [0, 0.1) is 17.8 Å². The highest BCUT2D eigenvalue weighted by atomic mass is 35.5. The van der Waals surface area contributed by atoms with Gasteiger partial charge in [0, 0.05) is 27.1 Å². The molecular formula is C26H25Cl3N2O4. The quantitative estimate of drug-likeness (QED) is 0.261. The number of Topliss-reactive ketones (excluding diaryl/α,β-unsaturated/α-hetero) is 1. The summed E-state index contributed by atoms with van der Waals surface area (Å²) in [6.45, 7) is 2.05. The number of benzene rings is 2. The number of amides is 3. The van der Waals surface area contributed by atoms with Gasteiger partial charge in [-0.15, -0.1) is 11.6 Å². The molecule has 1 saturated carbocycles. The third kappa shape index (κ3) is 5.11. The Labute approximate surface area is 219 Å². The van der Waals surface area contributed by atoms with Crippen molar-refractivity contribution in [2.24, 2.45) is 17.8 Å². The molecule has 6 nitrogen and oxygen atoms in total. The summed E-state index contributed by atoms with van der Waals surface area (Å²) in [5.74, 6) is -2.65. The number of hydrogen-bond acceptors (Lipinski definition) is 4. The third-order valence-electron chi connectivity index (χ3n) is 6.79. The van der Waals surface area contributed by atoms with Gasteiger partial charge in [-0.2, -0.15) is 5.01 Å². The summed E-state index contributed by atoms with van der Waals surface area (Å²) in [6, 6.07) is 11.2. The van der Waals surface area contributed by atoms with Gasteiger partial charge in [0.2, 0.25) is 0 Å². The van der Waals surface area contributed by atoms with E-state index in [9.17, 15) is 19.2 Å². The zero-order valence-corrected chi connectivity index (χ0v) is 21.4. The van der Waals surface area contributed by atoms with E-state index < -0.39 is 41.4 Å². The summed E-state index contributed by atoms with van der Waals surface area (Å²) in [6.07, 6.45) is 2.01. The monoisotopic (exact) mass is 534 g/mol. The van der Waals surface area contributed by atoms with Crippen molar-refractivity contribution in [2.75, 3.05) is 5.88 Å². The molecule has 1 saturated heterocycles. The third-order valence-corrected chi connectivity index (χ3v) is 7.51. The lowest BCUT2D eigenvalue weighted by molar-refractivity contribution is -0.156. The highest BCUT2D eigenvalue weighted by Gasteiger charge is 2.54.